The predicted octanol–water partition coefficient (Wildman–Crippen LogP) is 1.43. The summed E-state index contributed by atoms with van der Waals surface area (Å²) < 4.78 is 0. The second-order valence-electron chi connectivity index (χ2n) is 1.03. The van der Waals surface area contributed by atoms with E-state index in [1.165, 1.54) is 0 Å². The number of hydrogen-bond acceptors (Lipinski definition) is 1. The van der Waals surface area contributed by atoms with Crippen molar-refractivity contribution in [2.75, 3.05) is 7.05 Å². The van der Waals surface area contributed by atoms with Crippen LogP contribution >= 0.6 is 0 Å². The Morgan fingerprint density at radius 2 is 2.14 bits per heavy atom. The van der Waals surface area contributed by atoms with Crippen LogP contribution in [0.2, 0.25) is 0 Å². The lowest BCUT2D eigenvalue weighted by molar-refractivity contribution is 1.48. The van der Waals surface area contributed by atoms with Gasteiger partial charge in [-0.25, -0.2) is 0 Å². The van der Waals surface area contributed by atoms with Gasteiger partial charge in [0.15, 0.2) is 0 Å². The van der Waals surface area contributed by atoms with Crippen LogP contribution < -0.4 is 0 Å². The highest BCUT2D eigenvalue weighted by Gasteiger charge is 1.52. The molecule has 0 saturated carbocycles. The summed E-state index contributed by atoms with van der Waals surface area (Å²) in [7, 11) is 1.73. The monoisotopic (exact) mass is 95.1 g/mol. The molecule has 0 spiro atoms. The Bertz CT molecular complexity index is 90.4. The third-order valence-electron chi connectivity index (χ3n) is 0.482. The van der Waals surface area contributed by atoms with Gasteiger partial charge in [0.25, 0.3) is 0 Å². The zero-order chi connectivity index (χ0) is 5.54. The zero-order valence-corrected chi connectivity index (χ0v) is 4.46. The van der Waals surface area contributed by atoms with E-state index < -0.39 is 0 Å². The number of aliphatic imine (C=N–C) groups is 1. The van der Waals surface area contributed by atoms with E-state index in [4.69, 9.17) is 0 Å². The highest BCUT2D eigenvalue weighted by molar-refractivity contribution is 5.71. The van der Waals surface area contributed by atoms with Crippen LogP contribution in [0.3, 0.4) is 0 Å². The van der Waals surface area contributed by atoms with Gasteiger partial charge in [0.05, 0.1) is 0 Å². The predicted molar refractivity (Wildman–Crippen MR) is 33.8 cm³/mol. The maximum Gasteiger partial charge on any atom is 0.0277 e. The molecule has 0 saturated heterocycles. The first-order valence-electron chi connectivity index (χ1n) is 2.11. The molecule has 0 fully saturated rings. The van der Waals surface area contributed by atoms with E-state index in [2.05, 4.69) is 11.6 Å². The zero-order valence-electron chi connectivity index (χ0n) is 4.46. The van der Waals surface area contributed by atoms with Gasteiger partial charge < -0.3 is 0 Å². The summed E-state index contributed by atoms with van der Waals surface area (Å²) in [6.45, 7) is 3.48. The van der Waals surface area contributed by atoms with Gasteiger partial charge in [0.1, 0.15) is 0 Å². The topological polar surface area (TPSA) is 12.4 Å². The molecule has 0 aromatic carbocycles. The lowest BCUT2D eigenvalue weighted by Gasteiger charge is -1.65. The largest absolute Gasteiger partial charge is 0.297 e. The minimum absolute atomic E-state index is 1.71. The summed E-state index contributed by atoms with van der Waals surface area (Å²) in [5.41, 5.74) is 0. The molecule has 0 atom stereocenters. The maximum absolute atomic E-state index is 3.71. The molecule has 0 heterocycles. The average Bonchev–Trinajstić information content (AvgIpc) is 1.69. The number of nitrogens with zero attached hydrogens (tertiary/aromatic N) is 1. The molecule has 0 amide bonds. The Labute approximate surface area is 44.1 Å². The Kier molecular flexibility index (Phi) is 4.52. The van der Waals surface area contributed by atoms with Crippen molar-refractivity contribution in [3.8, 4) is 0 Å². The Morgan fingerprint density at radius 1 is 1.43 bits per heavy atom. The van der Waals surface area contributed by atoms with Gasteiger partial charge in [-0.1, -0.05) is 18.7 Å². The summed E-state index contributed by atoms with van der Waals surface area (Å²) >= 11 is 0. The van der Waals surface area contributed by atoms with Crippen molar-refractivity contribution in [3.63, 3.8) is 0 Å². The van der Waals surface area contributed by atoms with Crippen LogP contribution in [0.1, 0.15) is 0 Å². The minimum Gasteiger partial charge on any atom is -0.297 e. The molecule has 0 N–H and O–H groups in total. The molecule has 0 aliphatic rings. The lowest BCUT2D eigenvalue weighted by atomic mass is 10.5. The van der Waals surface area contributed by atoms with E-state index in [9.17, 15) is 0 Å². The Morgan fingerprint density at radius 3 is 2.57 bits per heavy atom. The van der Waals surface area contributed by atoms with E-state index in [0.29, 0.717) is 0 Å². The van der Waals surface area contributed by atoms with Gasteiger partial charge in [-0.2, -0.15) is 0 Å². The molecule has 0 aromatic heterocycles. The molecular weight excluding hydrogens is 86.1 g/mol. The first-order chi connectivity index (χ1) is 3.41. The quantitative estimate of drug-likeness (QED) is 0.363. The van der Waals surface area contributed by atoms with Crippen LogP contribution in [-0.2, 0) is 0 Å². The van der Waals surface area contributed by atoms with Crippen LogP contribution in [0.15, 0.2) is 29.8 Å². The molecule has 0 aromatic rings. The number of rotatable bonds is 2. The van der Waals surface area contributed by atoms with E-state index in [0.717, 1.165) is 0 Å². The summed E-state index contributed by atoms with van der Waals surface area (Å²) in [4.78, 5) is 3.71. The highest BCUT2D eigenvalue weighted by atomic mass is 14.6. The van der Waals surface area contributed by atoms with Crippen LogP contribution in [0.25, 0.3) is 0 Å². The van der Waals surface area contributed by atoms with Crippen molar-refractivity contribution in [1.29, 1.82) is 0 Å². The van der Waals surface area contributed by atoms with Crippen molar-refractivity contribution in [2.24, 2.45) is 4.99 Å². The first-order valence-corrected chi connectivity index (χ1v) is 2.11. The molecule has 0 unspecified atom stereocenters. The fraction of sp³-hybridized carbons (Fsp3) is 0.167. The van der Waals surface area contributed by atoms with Crippen LogP contribution in [-0.4, -0.2) is 13.3 Å². The fourth-order valence-corrected chi connectivity index (χ4v) is 0.214. The van der Waals surface area contributed by atoms with Crippen LogP contribution in [0.4, 0.5) is 0 Å². The lowest BCUT2D eigenvalue weighted by Crippen LogP contribution is -1.57. The van der Waals surface area contributed by atoms with Gasteiger partial charge in [0.2, 0.25) is 0 Å². The van der Waals surface area contributed by atoms with E-state index in [1.54, 1.807) is 19.3 Å². The normalized spacial score (nSPS) is 11.0. The molecular formula is C6H9N. The van der Waals surface area contributed by atoms with Gasteiger partial charge in [-0.05, 0) is 6.08 Å². The molecule has 7 heavy (non-hydrogen) atoms. The third-order valence-corrected chi connectivity index (χ3v) is 0.482. The van der Waals surface area contributed by atoms with Crippen molar-refractivity contribution in [1.82, 2.24) is 0 Å². The second kappa shape index (κ2) is 5.15. The molecule has 0 aliphatic heterocycles. The van der Waals surface area contributed by atoms with Gasteiger partial charge in [-0.15, -0.1) is 0 Å². The summed E-state index contributed by atoms with van der Waals surface area (Å²) in [6.07, 6.45) is 7.07. The van der Waals surface area contributed by atoms with Crippen molar-refractivity contribution in [3.05, 3.63) is 24.8 Å². The van der Waals surface area contributed by atoms with Crippen molar-refractivity contribution < 1.29 is 0 Å². The van der Waals surface area contributed by atoms with E-state index in [-0.39, 0.29) is 0 Å². The maximum atomic E-state index is 3.71. The van der Waals surface area contributed by atoms with Crippen molar-refractivity contribution >= 4 is 6.21 Å². The summed E-state index contributed by atoms with van der Waals surface area (Å²) in [5.74, 6) is 0. The average molecular weight is 95.1 g/mol. The van der Waals surface area contributed by atoms with E-state index >= 15 is 0 Å². The molecule has 0 rings (SSSR count). The number of allylic oxidation sites excluding steroid dienone is 3. The second-order valence-corrected chi connectivity index (χ2v) is 1.03. The van der Waals surface area contributed by atoms with Crippen LogP contribution in [0.5, 0.6) is 0 Å². The molecule has 0 radical (unpaired) electrons. The van der Waals surface area contributed by atoms with Gasteiger partial charge in [-0.3, -0.25) is 4.99 Å². The molecule has 38 valence electrons. The van der Waals surface area contributed by atoms with E-state index in [1.807, 2.05) is 12.2 Å². The Hall–Kier alpha value is -0.850. The van der Waals surface area contributed by atoms with Crippen LogP contribution in [0, 0.1) is 0 Å². The number of hydrogen-bond donors (Lipinski definition) is 0. The molecule has 0 aliphatic carbocycles. The van der Waals surface area contributed by atoms with Crippen molar-refractivity contribution in [2.45, 2.75) is 0 Å². The van der Waals surface area contributed by atoms with Gasteiger partial charge >= 0.3 is 0 Å². The highest BCUT2D eigenvalue weighted by Crippen LogP contribution is 1.66. The summed E-state index contributed by atoms with van der Waals surface area (Å²) in [5, 5.41) is 0. The minimum atomic E-state index is 1.71. The standard InChI is InChI=1S/C6H9N/c1-3-4-5-6-7-2/h3-6H,1H2,2H3/b5-4+,7-6?. The molecule has 0 bridgehead atoms. The SMILES string of the molecule is C=C/C=C/C=NC. The summed E-state index contributed by atoms with van der Waals surface area (Å²) in [6, 6.07) is 0. The third kappa shape index (κ3) is 5.15. The first kappa shape index (κ1) is 6.15. The molecule has 1 nitrogen and oxygen atoms in total. The fourth-order valence-electron chi connectivity index (χ4n) is 0.214. The molecule has 1 heteroatoms. The Balaban J connectivity index is 3.27. The van der Waals surface area contributed by atoms with Gasteiger partial charge in [0, 0.05) is 13.3 Å². The smallest absolute Gasteiger partial charge is 0.0277 e.